The van der Waals surface area contributed by atoms with Crippen molar-refractivity contribution in [2.45, 2.75) is 32.9 Å². The average molecular weight is 264 g/mol. The van der Waals surface area contributed by atoms with Gasteiger partial charge in [0.05, 0.1) is 6.20 Å². The first-order chi connectivity index (χ1) is 8.66. The minimum Gasteiger partial charge on any atom is -0.310 e. The van der Waals surface area contributed by atoms with E-state index in [1.54, 1.807) is 0 Å². The number of aromatic nitrogens is 2. The second-order valence-electron chi connectivity index (χ2n) is 4.60. The van der Waals surface area contributed by atoms with E-state index in [2.05, 4.69) is 28.5 Å². The van der Waals surface area contributed by atoms with Crippen LogP contribution in [0.1, 0.15) is 23.7 Å². The van der Waals surface area contributed by atoms with Crippen molar-refractivity contribution >= 4 is 11.6 Å². The normalized spacial score (nSPS) is 12.6. The van der Waals surface area contributed by atoms with Gasteiger partial charge in [-0.25, -0.2) is 0 Å². The van der Waals surface area contributed by atoms with Crippen LogP contribution in [0.25, 0.3) is 0 Å². The van der Waals surface area contributed by atoms with Gasteiger partial charge >= 0.3 is 0 Å². The first kappa shape index (κ1) is 13.1. The maximum absolute atomic E-state index is 6.15. The monoisotopic (exact) mass is 263 g/mol. The summed E-state index contributed by atoms with van der Waals surface area (Å²) in [5, 5.41) is 11.3. The predicted octanol–water partition coefficient (Wildman–Crippen LogP) is 3.09. The van der Waals surface area contributed by atoms with Crippen molar-refractivity contribution in [3.63, 3.8) is 0 Å². The lowest BCUT2D eigenvalue weighted by Crippen LogP contribution is -2.27. The Kier molecular flexibility index (Phi) is 4.39. The SMILES string of the molecule is Cc1[nH]ncc1CNC(C)Cc1ccccc1Cl. The van der Waals surface area contributed by atoms with Crippen LogP contribution in [0.3, 0.4) is 0 Å². The van der Waals surface area contributed by atoms with Crippen LogP contribution in [0.5, 0.6) is 0 Å². The van der Waals surface area contributed by atoms with E-state index in [0.717, 1.165) is 23.7 Å². The van der Waals surface area contributed by atoms with Crippen molar-refractivity contribution < 1.29 is 0 Å². The van der Waals surface area contributed by atoms with Crippen LogP contribution in [0.15, 0.2) is 30.5 Å². The molecule has 1 heterocycles. The van der Waals surface area contributed by atoms with Crippen LogP contribution in [0.4, 0.5) is 0 Å². The van der Waals surface area contributed by atoms with Gasteiger partial charge in [0.15, 0.2) is 0 Å². The standard InChI is InChI=1S/C14H18ClN3/c1-10(7-12-5-3-4-6-14(12)15)16-8-13-9-17-18-11(13)2/h3-6,9-10,16H,7-8H2,1-2H3,(H,17,18). The molecule has 0 radical (unpaired) electrons. The first-order valence-corrected chi connectivity index (χ1v) is 6.50. The summed E-state index contributed by atoms with van der Waals surface area (Å²) in [4.78, 5) is 0. The van der Waals surface area contributed by atoms with Gasteiger partial charge in [-0.2, -0.15) is 5.10 Å². The predicted molar refractivity (Wildman–Crippen MR) is 74.8 cm³/mol. The molecule has 0 aliphatic carbocycles. The van der Waals surface area contributed by atoms with E-state index in [-0.39, 0.29) is 0 Å². The van der Waals surface area contributed by atoms with Crippen LogP contribution in [0.2, 0.25) is 5.02 Å². The van der Waals surface area contributed by atoms with Gasteiger partial charge < -0.3 is 5.32 Å². The number of halogens is 1. The Bertz CT molecular complexity index is 507. The van der Waals surface area contributed by atoms with Crippen LogP contribution < -0.4 is 5.32 Å². The lowest BCUT2D eigenvalue weighted by Gasteiger charge is -2.14. The lowest BCUT2D eigenvalue weighted by atomic mass is 10.1. The highest BCUT2D eigenvalue weighted by Crippen LogP contribution is 2.16. The van der Waals surface area contributed by atoms with Crippen molar-refractivity contribution in [1.29, 1.82) is 0 Å². The van der Waals surface area contributed by atoms with Crippen molar-refractivity contribution in [2.24, 2.45) is 0 Å². The number of hydrogen-bond acceptors (Lipinski definition) is 2. The van der Waals surface area contributed by atoms with Gasteiger partial charge in [0.25, 0.3) is 0 Å². The Hall–Kier alpha value is -1.32. The maximum Gasteiger partial charge on any atom is 0.0535 e. The smallest absolute Gasteiger partial charge is 0.0535 e. The molecule has 18 heavy (non-hydrogen) atoms. The third-order valence-corrected chi connectivity index (χ3v) is 3.43. The van der Waals surface area contributed by atoms with Gasteiger partial charge in [0.1, 0.15) is 0 Å². The Balaban J connectivity index is 1.88. The highest BCUT2D eigenvalue weighted by molar-refractivity contribution is 6.31. The summed E-state index contributed by atoms with van der Waals surface area (Å²) >= 11 is 6.15. The van der Waals surface area contributed by atoms with Gasteiger partial charge in [0, 0.05) is 28.9 Å². The van der Waals surface area contributed by atoms with E-state index in [1.165, 1.54) is 11.1 Å². The molecule has 0 bridgehead atoms. The molecule has 0 spiro atoms. The van der Waals surface area contributed by atoms with E-state index in [4.69, 9.17) is 11.6 Å². The molecule has 0 saturated heterocycles. The average Bonchev–Trinajstić information content (AvgIpc) is 2.75. The molecule has 1 aromatic carbocycles. The van der Waals surface area contributed by atoms with Gasteiger partial charge in [-0.15, -0.1) is 0 Å². The van der Waals surface area contributed by atoms with Gasteiger partial charge in [-0.05, 0) is 31.9 Å². The highest BCUT2D eigenvalue weighted by Gasteiger charge is 2.07. The molecule has 2 aromatic rings. The van der Waals surface area contributed by atoms with Crippen molar-refractivity contribution in [2.75, 3.05) is 0 Å². The minimum atomic E-state index is 0.374. The number of H-pyrrole nitrogens is 1. The summed E-state index contributed by atoms with van der Waals surface area (Å²) in [5.74, 6) is 0. The fourth-order valence-electron chi connectivity index (χ4n) is 1.90. The first-order valence-electron chi connectivity index (χ1n) is 6.12. The maximum atomic E-state index is 6.15. The summed E-state index contributed by atoms with van der Waals surface area (Å²) in [6, 6.07) is 8.36. The van der Waals surface area contributed by atoms with E-state index in [9.17, 15) is 0 Å². The summed E-state index contributed by atoms with van der Waals surface area (Å²) in [6.07, 6.45) is 2.79. The van der Waals surface area contributed by atoms with E-state index >= 15 is 0 Å². The van der Waals surface area contributed by atoms with E-state index in [0.29, 0.717) is 6.04 Å². The summed E-state index contributed by atoms with van der Waals surface area (Å²) in [6.45, 7) is 5.02. The Morgan fingerprint density at radius 3 is 2.78 bits per heavy atom. The third kappa shape index (κ3) is 3.34. The molecular formula is C14H18ClN3. The molecule has 2 rings (SSSR count). The van der Waals surface area contributed by atoms with E-state index < -0.39 is 0 Å². The van der Waals surface area contributed by atoms with Crippen molar-refractivity contribution in [3.8, 4) is 0 Å². The Morgan fingerprint density at radius 1 is 1.33 bits per heavy atom. The molecule has 1 atom stereocenters. The Morgan fingerprint density at radius 2 is 2.11 bits per heavy atom. The number of nitrogens with one attached hydrogen (secondary N) is 2. The number of aromatic amines is 1. The summed E-state index contributed by atoms with van der Waals surface area (Å²) in [5.41, 5.74) is 3.51. The molecule has 2 N–H and O–H groups in total. The van der Waals surface area contributed by atoms with Gasteiger partial charge in [-0.3, -0.25) is 5.10 Å². The molecule has 0 fully saturated rings. The number of nitrogens with zero attached hydrogens (tertiary/aromatic N) is 1. The number of aryl methyl sites for hydroxylation is 1. The summed E-state index contributed by atoms with van der Waals surface area (Å²) in [7, 11) is 0. The highest BCUT2D eigenvalue weighted by atomic mass is 35.5. The van der Waals surface area contributed by atoms with Crippen molar-refractivity contribution in [1.82, 2.24) is 15.5 Å². The number of rotatable bonds is 5. The second kappa shape index (κ2) is 6.03. The minimum absolute atomic E-state index is 0.374. The number of benzene rings is 1. The van der Waals surface area contributed by atoms with Crippen LogP contribution in [-0.4, -0.2) is 16.2 Å². The molecule has 4 heteroatoms. The molecule has 3 nitrogen and oxygen atoms in total. The number of hydrogen-bond donors (Lipinski definition) is 2. The van der Waals surface area contributed by atoms with Crippen LogP contribution in [-0.2, 0) is 13.0 Å². The lowest BCUT2D eigenvalue weighted by molar-refractivity contribution is 0.544. The molecule has 0 aliphatic rings. The van der Waals surface area contributed by atoms with Gasteiger partial charge in [-0.1, -0.05) is 29.8 Å². The molecular weight excluding hydrogens is 246 g/mol. The zero-order valence-corrected chi connectivity index (χ0v) is 11.5. The largest absolute Gasteiger partial charge is 0.310 e. The second-order valence-corrected chi connectivity index (χ2v) is 5.00. The zero-order chi connectivity index (χ0) is 13.0. The molecule has 1 unspecified atom stereocenters. The molecule has 1 aromatic heterocycles. The fourth-order valence-corrected chi connectivity index (χ4v) is 2.12. The fraction of sp³-hybridized carbons (Fsp3) is 0.357. The quantitative estimate of drug-likeness (QED) is 0.870. The Labute approximate surface area is 113 Å². The van der Waals surface area contributed by atoms with Crippen molar-refractivity contribution in [3.05, 3.63) is 52.3 Å². The van der Waals surface area contributed by atoms with E-state index in [1.807, 2.05) is 31.3 Å². The zero-order valence-electron chi connectivity index (χ0n) is 10.7. The van der Waals surface area contributed by atoms with Gasteiger partial charge in [0.2, 0.25) is 0 Å². The topological polar surface area (TPSA) is 40.7 Å². The molecule has 0 saturated carbocycles. The van der Waals surface area contributed by atoms with Crippen LogP contribution >= 0.6 is 11.6 Å². The molecule has 0 aliphatic heterocycles. The molecule has 0 amide bonds. The van der Waals surface area contributed by atoms with Crippen LogP contribution in [0, 0.1) is 6.92 Å². The molecule has 96 valence electrons. The summed E-state index contributed by atoms with van der Waals surface area (Å²) < 4.78 is 0. The third-order valence-electron chi connectivity index (χ3n) is 3.06.